The minimum absolute atomic E-state index is 0.0942. The van der Waals surface area contributed by atoms with Crippen LogP contribution in [0, 0.1) is 5.92 Å². The molecule has 2 unspecified atom stereocenters. The molecule has 2 amide bonds. The van der Waals surface area contributed by atoms with Crippen molar-refractivity contribution in [1.82, 2.24) is 14.5 Å². The van der Waals surface area contributed by atoms with Gasteiger partial charge >= 0.3 is 6.03 Å². The second-order valence-corrected chi connectivity index (χ2v) is 9.27. The number of fused-ring (bicyclic) bond motifs is 2. The molecule has 1 aromatic rings. The Hall–Kier alpha value is -1.64. The van der Waals surface area contributed by atoms with Crippen molar-refractivity contribution in [1.29, 1.82) is 0 Å². The van der Waals surface area contributed by atoms with E-state index in [2.05, 4.69) is 19.2 Å². The van der Waals surface area contributed by atoms with Crippen LogP contribution >= 0.6 is 0 Å². The Labute approximate surface area is 155 Å². The quantitative estimate of drug-likeness (QED) is 0.839. The lowest BCUT2D eigenvalue weighted by Crippen LogP contribution is -2.62. The molecule has 2 saturated heterocycles. The van der Waals surface area contributed by atoms with E-state index in [1.54, 1.807) is 35.2 Å². The van der Waals surface area contributed by atoms with Crippen molar-refractivity contribution in [3.63, 3.8) is 0 Å². The maximum absolute atomic E-state index is 12.8. The molecule has 1 aromatic carbocycles. The van der Waals surface area contributed by atoms with Crippen LogP contribution in [0.1, 0.15) is 20.3 Å². The number of hydrogen-bond donors (Lipinski definition) is 1. The highest BCUT2D eigenvalue weighted by molar-refractivity contribution is 7.89. The molecule has 2 fully saturated rings. The molecular formula is C18H27N3O4S. The molecule has 2 heterocycles. The van der Waals surface area contributed by atoms with Gasteiger partial charge in [-0.3, -0.25) is 0 Å². The van der Waals surface area contributed by atoms with Gasteiger partial charge in [0.1, 0.15) is 0 Å². The van der Waals surface area contributed by atoms with Crippen LogP contribution in [0.15, 0.2) is 35.2 Å². The van der Waals surface area contributed by atoms with Gasteiger partial charge in [-0.05, 0) is 24.5 Å². The highest BCUT2D eigenvalue weighted by Gasteiger charge is 2.41. The zero-order valence-corrected chi connectivity index (χ0v) is 16.1. The Morgan fingerprint density at radius 2 is 1.77 bits per heavy atom. The third-order valence-corrected chi connectivity index (χ3v) is 6.56. The maximum atomic E-state index is 12.8. The predicted molar refractivity (Wildman–Crippen MR) is 98.3 cm³/mol. The van der Waals surface area contributed by atoms with Gasteiger partial charge in [0.2, 0.25) is 10.0 Å². The monoisotopic (exact) mass is 381 g/mol. The standard InChI is InChI=1S/C18H27N3O4S/c1-14(2)8-9-19-18(22)20-10-15-12-21(13-16(11-20)25-15)26(23,24)17-6-4-3-5-7-17/h3-7,14-16H,8-13H2,1-2H3,(H,19,22). The van der Waals surface area contributed by atoms with Crippen molar-refractivity contribution < 1.29 is 17.9 Å². The van der Waals surface area contributed by atoms with Gasteiger partial charge in [0.05, 0.1) is 30.2 Å². The number of ether oxygens (including phenoxy) is 1. The van der Waals surface area contributed by atoms with Gasteiger partial charge in [0.25, 0.3) is 0 Å². The largest absolute Gasteiger partial charge is 0.369 e. The van der Waals surface area contributed by atoms with E-state index in [0.717, 1.165) is 6.42 Å². The van der Waals surface area contributed by atoms with Gasteiger partial charge in [0, 0.05) is 19.6 Å². The predicted octanol–water partition coefficient (Wildman–Crippen LogP) is 1.52. The number of morpholine rings is 2. The van der Waals surface area contributed by atoms with Crippen LogP contribution in [-0.4, -0.2) is 68.6 Å². The minimum Gasteiger partial charge on any atom is -0.369 e. The molecule has 8 heteroatoms. The first-order valence-electron chi connectivity index (χ1n) is 9.09. The smallest absolute Gasteiger partial charge is 0.317 e. The number of nitrogens with one attached hydrogen (secondary N) is 1. The van der Waals surface area contributed by atoms with E-state index in [1.165, 1.54) is 4.31 Å². The van der Waals surface area contributed by atoms with Crippen molar-refractivity contribution in [3.8, 4) is 0 Å². The lowest BCUT2D eigenvalue weighted by atomic mass is 10.1. The average Bonchev–Trinajstić information content (AvgIpc) is 2.61. The number of carbonyl (C=O) groups is 1. The van der Waals surface area contributed by atoms with E-state index in [-0.39, 0.29) is 31.3 Å². The molecule has 26 heavy (non-hydrogen) atoms. The van der Waals surface area contributed by atoms with Gasteiger partial charge in [0.15, 0.2) is 0 Å². The molecular weight excluding hydrogens is 354 g/mol. The summed E-state index contributed by atoms with van der Waals surface area (Å²) in [5.74, 6) is 0.538. The molecule has 1 N–H and O–H groups in total. The van der Waals surface area contributed by atoms with Crippen molar-refractivity contribution in [2.24, 2.45) is 5.92 Å². The Balaban J connectivity index is 1.61. The van der Waals surface area contributed by atoms with Crippen molar-refractivity contribution >= 4 is 16.1 Å². The third kappa shape index (κ3) is 4.36. The fraction of sp³-hybridized carbons (Fsp3) is 0.611. The van der Waals surface area contributed by atoms with Crippen molar-refractivity contribution in [3.05, 3.63) is 30.3 Å². The van der Waals surface area contributed by atoms with Gasteiger partial charge in [-0.2, -0.15) is 4.31 Å². The summed E-state index contributed by atoms with van der Waals surface area (Å²) in [6.45, 7) is 6.24. The molecule has 2 atom stereocenters. The fourth-order valence-corrected chi connectivity index (χ4v) is 4.86. The van der Waals surface area contributed by atoms with E-state index in [9.17, 15) is 13.2 Å². The SMILES string of the molecule is CC(C)CCNC(=O)N1CC2CN(S(=O)(=O)c3ccccc3)CC(C1)O2. The number of amides is 2. The first kappa shape index (κ1) is 19.1. The number of hydrogen-bond acceptors (Lipinski definition) is 4. The van der Waals surface area contributed by atoms with Crippen LogP contribution < -0.4 is 5.32 Å². The topological polar surface area (TPSA) is 79.0 Å². The van der Waals surface area contributed by atoms with Gasteiger partial charge in [-0.1, -0.05) is 32.0 Å². The molecule has 0 spiro atoms. The number of nitrogens with zero attached hydrogens (tertiary/aromatic N) is 2. The zero-order chi connectivity index (χ0) is 18.7. The summed E-state index contributed by atoms with van der Waals surface area (Å²) < 4.78 is 33.0. The van der Waals surface area contributed by atoms with Gasteiger partial charge < -0.3 is 15.0 Å². The number of sulfonamides is 1. The summed E-state index contributed by atoms with van der Waals surface area (Å²) in [4.78, 5) is 14.4. The summed E-state index contributed by atoms with van der Waals surface area (Å²) in [5, 5.41) is 2.94. The minimum atomic E-state index is -3.53. The first-order chi connectivity index (χ1) is 12.4. The molecule has 2 aliphatic rings. The van der Waals surface area contributed by atoms with Crippen molar-refractivity contribution in [2.45, 2.75) is 37.4 Å². The van der Waals surface area contributed by atoms with Crippen LogP contribution in [-0.2, 0) is 14.8 Å². The highest BCUT2D eigenvalue weighted by atomic mass is 32.2. The zero-order valence-electron chi connectivity index (χ0n) is 15.3. The Morgan fingerprint density at radius 3 is 2.35 bits per heavy atom. The van der Waals surface area contributed by atoms with Crippen molar-refractivity contribution in [2.75, 3.05) is 32.7 Å². The maximum Gasteiger partial charge on any atom is 0.317 e. The number of urea groups is 1. The summed E-state index contributed by atoms with van der Waals surface area (Å²) >= 11 is 0. The molecule has 2 bridgehead atoms. The van der Waals surface area contributed by atoms with E-state index < -0.39 is 10.0 Å². The van der Waals surface area contributed by atoms with Crippen LogP contribution in [0.25, 0.3) is 0 Å². The number of benzene rings is 1. The van der Waals surface area contributed by atoms with Crippen LogP contribution in [0.5, 0.6) is 0 Å². The van der Waals surface area contributed by atoms with E-state index >= 15 is 0 Å². The molecule has 2 aliphatic heterocycles. The van der Waals surface area contributed by atoms with E-state index in [1.807, 2.05) is 0 Å². The van der Waals surface area contributed by atoms with Crippen LogP contribution in [0.4, 0.5) is 4.79 Å². The van der Waals surface area contributed by atoms with Gasteiger partial charge in [-0.15, -0.1) is 0 Å². The van der Waals surface area contributed by atoms with E-state index in [0.29, 0.717) is 30.4 Å². The number of rotatable bonds is 5. The Bertz CT molecular complexity index is 709. The summed E-state index contributed by atoms with van der Waals surface area (Å²) in [7, 11) is -3.53. The summed E-state index contributed by atoms with van der Waals surface area (Å²) in [5.41, 5.74) is 0. The second-order valence-electron chi connectivity index (χ2n) is 7.33. The Morgan fingerprint density at radius 1 is 1.15 bits per heavy atom. The summed E-state index contributed by atoms with van der Waals surface area (Å²) in [6.07, 6.45) is 0.347. The molecule has 0 aliphatic carbocycles. The molecule has 0 saturated carbocycles. The number of carbonyl (C=O) groups excluding carboxylic acids is 1. The fourth-order valence-electron chi connectivity index (χ4n) is 3.34. The molecule has 0 radical (unpaired) electrons. The molecule has 144 valence electrons. The lowest BCUT2D eigenvalue weighted by molar-refractivity contribution is -0.111. The molecule has 3 rings (SSSR count). The average molecular weight is 381 g/mol. The lowest BCUT2D eigenvalue weighted by Gasteiger charge is -2.45. The Kier molecular flexibility index (Phi) is 5.84. The van der Waals surface area contributed by atoms with E-state index in [4.69, 9.17) is 4.74 Å². The highest BCUT2D eigenvalue weighted by Crippen LogP contribution is 2.24. The molecule has 7 nitrogen and oxygen atoms in total. The normalized spacial score (nSPS) is 23.9. The summed E-state index contributed by atoms with van der Waals surface area (Å²) in [6, 6.07) is 8.35. The van der Waals surface area contributed by atoms with Crippen LogP contribution in [0.3, 0.4) is 0 Å². The second kappa shape index (κ2) is 7.94. The van der Waals surface area contributed by atoms with Crippen LogP contribution in [0.2, 0.25) is 0 Å². The first-order valence-corrected chi connectivity index (χ1v) is 10.5. The molecule has 0 aromatic heterocycles. The van der Waals surface area contributed by atoms with Gasteiger partial charge in [-0.25, -0.2) is 13.2 Å². The third-order valence-electron chi connectivity index (χ3n) is 4.71.